The molecule has 9 heteroatoms. The van der Waals surface area contributed by atoms with Gasteiger partial charge in [0.15, 0.2) is 0 Å². The maximum atomic E-state index is 12.2. The van der Waals surface area contributed by atoms with Gasteiger partial charge < -0.3 is 15.8 Å². The Morgan fingerprint density at radius 1 is 0.909 bits per heavy atom. The van der Waals surface area contributed by atoms with Crippen molar-refractivity contribution < 1.29 is 19.1 Å². The predicted octanol–water partition coefficient (Wildman–Crippen LogP) is 4.07. The molecule has 4 N–H and O–H groups in total. The fraction of sp³-hybridized carbons (Fsp3) is 0.625. The summed E-state index contributed by atoms with van der Waals surface area (Å²) in [5.74, 6) is -0.929. The molecule has 33 heavy (non-hydrogen) atoms. The van der Waals surface area contributed by atoms with Crippen LogP contribution in [0.5, 0.6) is 0 Å². The number of hydrogen-bond acceptors (Lipinski definition) is 5. The Balaban J connectivity index is 0.0000102. The minimum atomic E-state index is -0.821. The Morgan fingerprint density at radius 2 is 1.48 bits per heavy atom. The molecule has 0 saturated heterocycles. The van der Waals surface area contributed by atoms with Crippen molar-refractivity contribution in [2.24, 2.45) is 5.73 Å². The number of nitrogens with two attached hydrogens (primary N) is 1. The summed E-state index contributed by atoms with van der Waals surface area (Å²) < 4.78 is 5.09. The second-order valence-electron chi connectivity index (χ2n) is 7.89. The number of benzene rings is 1. The van der Waals surface area contributed by atoms with E-state index in [0.717, 1.165) is 29.8 Å². The zero-order chi connectivity index (χ0) is 23.4. The van der Waals surface area contributed by atoms with Crippen molar-refractivity contribution in [2.75, 3.05) is 19.6 Å². The molecule has 0 atom stereocenters. The Labute approximate surface area is 204 Å². The first-order chi connectivity index (χ1) is 15.6. The third-order valence-corrected chi connectivity index (χ3v) is 5.07. The Bertz CT molecular complexity index is 661. The highest BCUT2D eigenvalue weighted by atomic mass is 35.5. The number of carbonyl (C=O) groups excluding carboxylic acids is 3. The summed E-state index contributed by atoms with van der Waals surface area (Å²) in [7, 11) is 0. The van der Waals surface area contributed by atoms with Gasteiger partial charge in [-0.15, -0.1) is 12.4 Å². The third-order valence-electron chi connectivity index (χ3n) is 5.07. The Hall–Kier alpha value is -2.32. The lowest BCUT2D eigenvalue weighted by Crippen LogP contribution is -2.52. The number of ether oxygens (including phenoxy) is 1. The lowest BCUT2D eigenvalue weighted by molar-refractivity contribution is -0.137. The molecule has 1 aromatic rings. The van der Waals surface area contributed by atoms with Gasteiger partial charge in [0.25, 0.3) is 5.91 Å². The van der Waals surface area contributed by atoms with E-state index in [2.05, 4.69) is 17.7 Å². The largest absolute Gasteiger partial charge is 0.443 e. The summed E-state index contributed by atoms with van der Waals surface area (Å²) in [5.41, 5.74) is 8.49. The van der Waals surface area contributed by atoms with Crippen LogP contribution in [0.2, 0.25) is 0 Å². The molecule has 8 nitrogen and oxygen atoms in total. The summed E-state index contributed by atoms with van der Waals surface area (Å²) in [4.78, 5) is 36.1. The first-order valence-electron chi connectivity index (χ1n) is 11.8. The van der Waals surface area contributed by atoms with Gasteiger partial charge >= 0.3 is 6.09 Å². The first-order valence-corrected chi connectivity index (χ1v) is 11.8. The van der Waals surface area contributed by atoms with Crippen LogP contribution in [0.1, 0.15) is 76.7 Å². The molecule has 3 amide bonds. The van der Waals surface area contributed by atoms with E-state index in [1.165, 1.54) is 44.9 Å². The van der Waals surface area contributed by atoms with Crippen molar-refractivity contribution in [3.05, 3.63) is 35.9 Å². The maximum Gasteiger partial charge on any atom is 0.426 e. The number of nitrogens with one attached hydrogen (secondary N) is 2. The van der Waals surface area contributed by atoms with Crippen LogP contribution in [0.25, 0.3) is 0 Å². The van der Waals surface area contributed by atoms with Gasteiger partial charge in [0, 0.05) is 6.54 Å². The average molecular weight is 485 g/mol. The molecular formula is C24H41ClN4O4. The minimum Gasteiger partial charge on any atom is -0.443 e. The quantitative estimate of drug-likeness (QED) is 0.241. The van der Waals surface area contributed by atoms with Crippen molar-refractivity contribution in [3.63, 3.8) is 0 Å². The molecule has 0 aliphatic heterocycles. The van der Waals surface area contributed by atoms with Gasteiger partial charge in [-0.25, -0.2) is 15.2 Å². The normalized spacial score (nSPS) is 10.1. The molecule has 188 valence electrons. The fourth-order valence-corrected chi connectivity index (χ4v) is 3.21. The van der Waals surface area contributed by atoms with Crippen LogP contribution in [-0.2, 0) is 20.9 Å². The van der Waals surface area contributed by atoms with Gasteiger partial charge in [0.2, 0.25) is 5.91 Å². The van der Waals surface area contributed by atoms with E-state index in [1.807, 2.05) is 30.3 Å². The van der Waals surface area contributed by atoms with E-state index in [4.69, 9.17) is 10.5 Å². The smallest absolute Gasteiger partial charge is 0.426 e. The Kier molecular flexibility index (Phi) is 18.9. The van der Waals surface area contributed by atoms with Crippen LogP contribution in [0.3, 0.4) is 0 Å². The molecule has 1 aromatic carbocycles. The molecule has 1 rings (SSSR count). The van der Waals surface area contributed by atoms with E-state index < -0.39 is 12.0 Å². The second kappa shape index (κ2) is 20.3. The summed E-state index contributed by atoms with van der Waals surface area (Å²) in [6.07, 6.45) is 11.4. The highest BCUT2D eigenvalue weighted by molar-refractivity contribution is 5.87. The first kappa shape index (κ1) is 30.7. The highest BCUT2D eigenvalue weighted by Crippen LogP contribution is 2.10. The van der Waals surface area contributed by atoms with Gasteiger partial charge in [0.05, 0.1) is 6.54 Å². The van der Waals surface area contributed by atoms with Crippen LogP contribution in [0.4, 0.5) is 4.79 Å². The summed E-state index contributed by atoms with van der Waals surface area (Å²) in [5, 5.41) is 3.67. The number of halogens is 1. The van der Waals surface area contributed by atoms with Gasteiger partial charge in [-0.05, 0) is 12.0 Å². The molecular weight excluding hydrogens is 444 g/mol. The molecule has 0 bridgehead atoms. The number of rotatable bonds is 16. The van der Waals surface area contributed by atoms with Crippen molar-refractivity contribution in [1.82, 2.24) is 15.8 Å². The van der Waals surface area contributed by atoms with Crippen LogP contribution < -0.4 is 16.5 Å². The van der Waals surface area contributed by atoms with Crippen molar-refractivity contribution in [3.8, 4) is 0 Å². The monoisotopic (exact) mass is 484 g/mol. The predicted molar refractivity (Wildman–Crippen MR) is 133 cm³/mol. The van der Waals surface area contributed by atoms with Crippen LogP contribution >= 0.6 is 12.4 Å². The van der Waals surface area contributed by atoms with Crippen LogP contribution in [0, 0.1) is 0 Å². The van der Waals surface area contributed by atoms with E-state index in [0.29, 0.717) is 6.54 Å². The van der Waals surface area contributed by atoms with E-state index in [9.17, 15) is 14.4 Å². The van der Waals surface area contributed by atoms with Gasteiger partial charge in [-0.1, -0.05) is 95.0 Å². The second-order valence-corrected chi connectivity index (χ2v) is 7.89. The maximum absolute atomic E-state index is 12.2. The number of carbonyl (C=O) groups is 3. The van der Waals surface area contributed by atoms with Crippen LogP contribution in [-0.4, -0.2) is 42.6 Å². The summed E-state index contributed by atoms with van der Waals surface area (Å²) in [6.45, 7) is 2.18. The summed E-state index contributed by atoms with van der Waals surface area (Å²) in [6, 6.07) is 9.16. The molecule has 0 aliphatic carbocycles. The lowest BCUT2D eigenvalue weighted by atomic mass is 10.1. The zero-order valence-corrected chi connectivity index (χ0v) is 20.7. The molecule has 0 aromatic heterocycles. The standard InChI is InChI=1S/C24H40N4O4.ClH/c1-2-3-4-5-6-7-8-9-10-14-17-26-22(29)19-28(23(30)18-25)27-24(31)32-20-21-15-12-11-13-16-21;/h11-13,15-16H,2-10,14,17-20,25H2,1H3,(H,26,29)(H,27,31);1H. The van der Waals surface area contributed by atoms with E-state index in [-0.39, 0.29) is 38.0 Å². The van der Waals surface area contributed by atoms with Gasteiger partial charge in [0.1, 0.15) is 13.2 Å². The number of hydrogen-bond donors (Lipinski definition) is 3. The van der Waals surface area contributed by atoms with Crippen molar-refractivity contribution in [1.29, 1.82) is 0 Å². The van der Waals surface area contributed by atoms with Crippen molar-refractivity contribution >= 4 is 30.3 Å². The lowest BCUT2D eigenvalue weighted by Gasteiger charge is -2.22. The summed E-state index contributed by atoms with van der Waals surface area (Å²) >= 11 is 0. The topological polar surface area (TPSA) is 114 Å². The molecule has 0 saturated carbocycles. The molecule has 0 unspecified atom stereocenters. The minimum absolute atomic E-state index is 0. The van der Waals surface area contributed by atoms with Crippen molar-refractivity contribution in [2.45, 2.75) is 77.7 Å². The third kappa shape index (κ3) is 16.0. The molecule has 0 fully saturated rings. The molecule has 0 heterocycles. The number of unbranched alkanes of at least 4 members (excludes halogenated alkanes) is 9. The number of amides is 3. The number of nitrogens with zero attached hydrogens (tertiary/aromatic N) is 1. The van der Waals surface area contributed by atoms with Crippen LogP contribution in [0.15, 0.2) is 30.3 Å². The van der Waals surface area contributed by atoms with E-state index in [1.54, 1.807) is 0 Å². The fourth-order valence-electron chi connectivity index (χ4n) is 3.21. The zero-order valence-electron chi connectivity index (χ0n) is 19.9. The SMILES string of the molecule is CCCCCCCCCCCCNC(=O)CN(NC(=O)OCc1ccccc1)C(=O)CN.Cl. The van der Waals surface area contributed by atoms with E-state index >= 15 is 0 Å². The molecule has 0 aliphatic rings. The Morgan fingerprint density at radius 3 is 2.06 bits per heavy atom. The molecule has 0 spiro atoms. The molecule has 0 radical (unpaired) electrons. The van der Waals surface area contributed by atoms with Gasteiger partial charge in [-0.2, -0.15) is 0 Å². The highest BCUT2D eigenvalue weighted by Gasteiger charge is 2.19. The van der Waals surface area contributed by atoms with Gasteiger partial charge in [-0.3, -0.25) is 9.59 Å². The average Bonchev–Trinajstić information content (AvgIpc) is 2.81. The number of hydrazine groups is 1.